The molecule has 4 N–H and O–H groups in total. The van der Waals surface area contributed by atoms with E-state index in [2.05, 4.69) is 16.0 Å². The number of allylic oxidation sites excluding steroid dienone is 1. The Morgan fingerprint density at radius 3 is 2.60 bits per heavy atom. The van der Waals surface area contributed by atoms with Crippen molar-refractivity contribution < 1.29 is 43.3 Å². The molecule has 16 nitrogen and oxygen atoms in total. The number of alkyl carbamates (subject to hydrolysis) is 1. The zero-order chi connectivity index (χ0) is 45.1. The number of nitrogens with one attached hydrogen (secondary N) is 3. The van der Waals surface area contributed by atoms with Crippen LogP contribution in [0.2, 0.25) is 0 Å². The van der Waals surface area contributed by atoms with E-state index in [1.807, 2.05) is 58.2 Å². The van der Waals surface area contributed by atoms with E-state index in [0.29, 0.717) is 59.6 Å². The van der Waals surface area contributed by atoms with Crippen LogP contribution in [0.1, 0.15) is 98.8 Å². The van der Waals surface area contributed by atoms with Crippen LogP contribution < -0.4 is 25.4 Å². The first-order chi connectivity index (χ1) is 30.0. The number of benzene rings is 1. The molecule has 6 atom stereocenters. The number of ether oxygens (including phenoxy) is 3. The van der Waals surface area contributed by atoms with Crippen LogP contribution in [-0.2, 0) is 23.9 Å². The first kappa shape index (κ1) is 45.6. The number of rotatable bonds is 11. The van der Waals surface area contributed by atoms with Gasteiger partial charge in [0.1, 0.15) is 47.0 Å². The quantitative estimate of drug-likeness (QED) is 0.152. The summed E-state index contributed by atoms with van der Waals surface area (Å²) in [5.74, 6) is -1.56. The second-order valence-corrected chi connectivity index (χ2v) is 19.5. The van der Waals surface area contributed by atoms with Gasteiger partial charge in [0, 0.05) is 59.7 Å². The van der Waals surface area contributed by atoms with Gasteiger partial charge >= 0.3 is 12.1 Å². The molecule has 0 radical (unpaired) electrons. The van der Waals surface area contributed by atoms with Gasteiger partial charge in [-0.05, 0) is 64.5 Å². The second-order valence-electron chi connectivity index (χ2n) is 18.6. The molecule has 3 fully saturated rings. The molecule has 3 aromatic rings. The van der Waals surface area contributed by atoms with Crippen LogP contribution in [-0.4, -0.2) is 117 Å². The van der Waals surface area contributed by atoms with Crippen molar-refractivity contribution in [2.45, 2.75) is 135 Å². The van der Waals surface area contributed by atoms with E-state index >= 15 is 0 Å². The molecule has 1 aromatic carbocycles. The van der Waals surface area contributed by atoms with Gasteiger partial charge in [0.25, 0.3) is 0 Å². The van der Waals surface area contributed by atoms with Crippen LogP contribution >= 0.6 is 11.3 Å². The molecule has 1 unspecified atom stereocenters. The summed E-state index contributed by atoms with van der Waals surface area (Å²) in [6.45, 7) is 10.7. The molecule has 17 heteroatoms. The molecule has 2 aromatic heterocycles. The fourth-order valence-corrected chi connectivity index (χ4v) is 9.46. The number of thiazole rings is 1. The lowest BCUT2D eigenvalue weighted by molar-refractivity contribution is -0.145. The third-order valence-corrected chi connectivity index (χ3v) is 13.2. The van der Waals surface area contributed by atoms with Gasteiger partial charge in [-0.3, -0.25) is 14.4 Å². The molecule has 340 valence electrons. The van der Waals surface area contributed by atoms with Crippen molar-refractivity contribution in [3.63, 3.8) is 0 Å². The van der Waals surface area contributed by atoms with Crippen molar-refractivity contribution in [1.29, 1.82) is 0 Å². The standard InChI is InChI=1S/C46H61N7O9S/c1-27(2)47-43-49-35(26-63-43)34-22-37(31-18-17-29(60-6)20-33(31)48-34)61-30-21-36-40(55)51-46(42(57)58)23-28(46)14-10-8-7-9-11-15-32(41(56)53(36)24-30)50-44(59)62-38(45(3,4)5)25-52-19-13-12-16-39(52)54/h10,14,17-18,20,22,26-28,30,32,36,38H,7-9,11-13,15-16,19,21,23-25H2,1-6H3,(H,47,49)(H,50,59)(H,51,55)(H,57,58)/t28?,30-,32+,36+,38-,46-/m1/s1. The molecule has 63 heavy (non-hydrogen) atoms. The number of fused-ring (bicyclic) bond motifs is 3. The Bertz CT molecular complexity index is 2220. The number of aliphatic carboxylic acids is 1. The van der Waals surface area contributed by atoms with Crippen molar-refractivity contribution in [3.05, 3.63) is 41.8 Å². The van der Waals surface area contributed by atoms with Crippen molar-refractivity contribution in [3.8, 4) is 22.9 Å². The number of likely N-dealkylation sites (tertiary alicyclic amines) is 1. The molecule has 0 bridgehead atoms. The number of piperidine rings is 1. The Labute approximate surface area is 372 Å². The monoisotopic (exact) mass is 887 g/mol. The minimum absolute atomic E-state index is 0.0237. The van der Waals surface area contributed by atoms with Crippen LogP contribution in [0.4, 0.5) is 9.93 Å². The fraction of sp³-hybridized carbons (Fsp3) is 0.587. The predicted octanol–water partition coefficient (Wildman–Crippen LogP) is 6.54. The minimum atomic E-state index is -1.49. The molecule has 1 saturated carbocycles. The van der Waals surface area contributed by atoms with E-state index < -0.39 is 59.1 Å². The molecule has 3 aliphatic heterocycles. The number of hydrogen-bond acceptors (Lipinski definition) is 12. The Balaban J connectivity index is 1.19. The van der Waals surface area contributed by atoms with Crippen molar-refractivity contribution in [2.24, 2.45) is 11.3 Å². The summed E-state index contributed by atoms with van der Waals surface area (Å²) >= 11 is 1.46. The molecular formula is C46H61N7O9S. The van der Waals surface area contributed by atoms with Gasteiger partial charge < -0.3 is 45.1 Å². The zero-order valence-corrected chi connectivity index (χ0v) is 37.9. The lowest BCUT2D eigenvalue weighted by Gasteiger charge is -2.36. The molecule has 4 amide bonds. The Kier molecular flexibility index (Phi) is 13.8. The molecule has 7 rings (SSSR count). The lowest BCUT2D eigenvalue weighted by Crippen LogP contribution is -2.56. The average Bonchev–Trinajstić information content (AvgIpc) is 3.49. The van der Waals surface area contributed by atoms with Gasteiger partial charge in [0.15, 0.2) is 5.13 Å². The van der Waals surface area contributed by atoms with Gasteiger partial charge in [-0.1, -0.05) is 45.8 Å². The number of amides is 4. The Morgan fingerprint density at radius 2 is 1.87 bits per heavy atom. The van der Waals surface area contributed by atoms with E-state index in [-0.39, 0.29) is 50.2 Å². The number of carbonyl (C=O) groups excluding carboxylic acids is 4. The summed E-state index contributed by atoms with van der Waals surface area (Å²) in [4.78, 5) is 81.4. The van der Waals surface area contributed by atoms with Crippen molar-refractivity contribution in [2.75, 3.05) is 32.1 Å². The first-order valence-corrected chi connectivity index (χ1v) is 23.1. The number of anilines is 1. The summed E-state index contributed by atoms with van der Waals surface area (Å²) in [7, 11) is 1.57. The highest BCUT2D eigenvalue weighted by molar-refractivity contribution is 7.14. The van der Waals surface area contributed by atoms with Crippen LogP contribution in [0.15, 0.2) is 41.8 Å². The second kappa shape index (κ2) is 19.1. The SMILES string of the molecule is COc1ccc2c(O[C@@H]3C[C@H]4C(=O)N[C@]5(C(=O)O)CC5C=CCCCCC[C@H](NC(=O)O[C@H](CN5CCCCC5=O)C(C)(C)C)C(=O)N4C3)cc(-c3csc(NC(C)C)n3)nc2c1. The predicted molar refractivity (Wildman–Crippen MR) is 239 cm³/mol. The van der Waals surface area contributed by atoms with Crippen molar-refractivity contribution >= 4 is 57.2 Å². The Morgan fingerprint density at radius 1 is 1.06 bits per heavy atom. The molecule has 4 aliphatic rings. The van der Waals surface area contributed by atoms with Gasteiger partial charge in [0.05, 0.1) is 31.4 Å². The molecule has 0 spiro atoms. The highest BCUT2D eigenvalue weighted by Crippen LogP contribution is 2.46. The van der Waals surface area contributed by atoms with Crippen LogP contribution in [0.3, 0.4) is 0 Å². The maximum absolute atomic E-state index is 14.9. The van der Waals surface area contributed by atoms with E-state index in [1.165, 1.54) is 16.2 Å². The van der Waals surface area contributed by atoms with E-state index in [9.17, 15) is 29.1 Å². The van der Waals surface area contributed by atoms with Gasteiger partial charge in [-0.2, -0.15) is 0 Å². The summed E-state index contributed by atoms with van der Waals surface area (Å²) < 4.78 is 18.3. The maximum Gasteiger partial charge on any atom is 0.408 e. The van der Waals surface area contributed by atoms with Gasteiger partial charge in [-0.15, -0.1) is 11.3 Å². The first-order valence-electron chi connectivity index (χ1n) is 22.2. The molecular weight excluding hydrogens is 827 g/mol. The molecule has 2 saturated heterocycles. The largest absolute Gasteiger partial charge is 0.497 e. The average molecular weight is 888 g/mol. The van der Waals surface area contributed by atoms with Gasteiger partial charge in [0.2, 0.25) is 17.7 Å². The van der Waals surface area contributed by atoms with Crippen LogP contribution in [0.5, 0.6) is 11.5 Å². The number of pyridine rings is 1. The van der Waals surface area contributed by atoms with E-state index in [1.54, 1.807) is 30.2 Å². The number of hydrogen-bond donors (Lipinski definition) is 4. The summed E-state index contributed by atoms with van der Waals surface area (Å²) in [5.41, 5.74) is -0.237. The highest BCUT2D eigenvalue weighted by atomic mass is 32.1. The number of carboxylic acid groups (broad SMARTS) is 1. The third kappa shape index (κ3) is 10.7. The zero-order valence-electron chi connectivity index (χ0n) is 37.1. The van der Waals surface area contributed by atoms with Crippen LogP contribution in [0, 0.1) is 11.3 Å². The Hall–Kier alpha value is -5.45. The van der Waals surface area contributed by atoms with Crippen LogP contribution in [0.25, 0.3) is 22.3 Å². The highest BCUT2D eigenvalue weighted by Gasteiger charge is 2.61. The number of aromatic nitrogens is 2. The fourth-order valence-electron chi connectivity index (χ4n) is 8.61. The number of carboxylic acids is 1. The van der Waals surface area contributed by atoms with E-state index in [0.717, 1.165) is 30.8 Å². The van der Waals surface area contributed by atoms with Gasteiger partial charge in [-0.25, -0.2) is 19.6 Å². The summed E-state index contributed by atoms with van der Waals surface area (Å²) in [6, 6.07) is 5.24. The molecule has 5 heterocycles. The maximum atomic E-state index is 14.9. The smallest absolute Gasteiger partial charge is 0.408 e. The normalized spacial score (nSPS) is 25.0. The summed E-state index contributed by atoms with van der Waals surface area (Å²) in [6.07, 6.45) is 7.24. The lowest BCUT2D eigenvalue weighted by atomic mass is 9.88. The van der Waals surface area contributed by atoms with Crippen molar-refractivity contribution in [1.82, 2.24) is 30.4 Å². The number of nitrogens with zero attached hydrogens (tertiary/aromatic N) is 4. The summed E-state index contributed by atoms with van der Waals surface area (Å²) in [5, 5.41) is 22.7. The van der Waals surface area contributed by atoms with E-state index in [4.69, 9.17) is 24.2 Å². The number of carbonyl (C=O) groups is 5. The number of methoxy groups -OCH3 is 1. The minimum Gasteiger partial charge on any atom is -0.497 e. The third-order valence-electron chi connectivity index (χ3n) is 12.4. The molecule has 1 aliphatic carbocycles. The topological polar surface area (TPSA) is 202 Å².